The quantitative estimate of drug-likeness (QED) is 0.178. The van der Waals surface area contributed by atoms with Crippen LogP contribution < -0.4 is 4.90 Å². The monoisotopic (exact) mass is 628 g/mol. The highest BCUT2D eigenvalue weighted by molar-refractivity contribution is 6.18. The highest BCUT2D eigenvalue weighted by Gasteiger charge is 2.17. The van der Waals surface area contributed by atoms with Gasteiger partial charge >= 0.3 is 0 Å². The van der Waals surface area contributed by atoms with Gasteiger partial charge in [-0.05, 0) is 100 Å². The summed E-state index contributed by atoms with van der Waals surface area (Å²) in [6.07, 6.45) is 0. The summed E-state index contributed by atoms with van der Waals surface area (Å²) in [6.45, 7) is 0. The fourth-order valence-corrected chi connectivity index (χ4v) is 7.09. The molecule has 0 bridgehead atoms. The van der Waals surface area contributed by atoms with Crippen LogP contribution >= 0.6 is 0 Å². The Kier molecular flexibility index (Phi) is 6.15. The first-order valence-corrected chi connectivity index (χ1v) is 16.5. The van der Waals surface area contributed by atoms with E-state index in [1.807, 2.05) is 48.5 Å². The van der Waals surface area contributed by atoms with Crippen molar-refractivity contribution in [3.63, 3.8) is 0 Å². The van der Waals surface area contributed by atoms with Crippen molar-refractivity contribution < 1.29 is 8.83 Å². The second-order valence-corrected chi connectivity index (χ2v) is 12.4. The highest BCUT2D eigenvalue weighted by Crippen LogP contribution is 2.41. The van der Waals surface area contributed by atoms with Gasteiger partial charge in [-0.2, -0.15) is 0 Å². The van der Waals surface area contributed by atoms with Gasteiger partial charge in [0, 0.05) is 38.8 Å². The number of oxazole rings is 1. The number of hydrogen-bond acceptors (Lipinski definition) is 4. The Morgan fingerprint density at radius 3 is 1.92 bits per heavy atom. The van der Waals surface area contributed by atoms with E-state index in [4.69, 9.17) is 13.8 Å². The third kappa shape index (κ3) is 4.57. The molecule has 2 aromatic heterocycles. The zero-order valence-corrected chi connectivity index (χ0v) is 26.4. The molecule has 0 aliphatic carbocycles. The number of para-hydroxylation sites is 2. The number of anilines is 3. The van der Waals surface area contributed by atoms with Crippen LogP contribution in [-0.4, -0.2) is 4.98 Å². The molecule has 0 radical (unpaired) electrons. The zero-order valence-electron chi connectivity index (χ0n) is 26.4. The van der Waals surface area contributed by atoms with E-state index in [1.165, 1.54) is 0 Å². The Balaban J connectivity index is 1.10. The van der Waals surface area contributed by atoms with Gasteiger partial charge < -0.3 is 13.7 Å². The lowest BCUT2D eigenvalue weighted by Crippen LogP contribution is -2.09. The molecule has 4 heteroatoms. The number of fused-ring (bicyclic) bond motifs is 8. The van der Waals surface area contributed by atoms with E-state index in [0.717, 1.165) is 88.3 Å². The summed E-state index contributed by atoms with van der Waals surface area (Å²) in [4.78, 5) is 7.18. The van der Waals surface area contributed by atoms with Crippen molar-refractivity contribution in [2.75, 3.05) is 4.90 Å². The molecule has 10 aromatic rings. The van der Waals surface area contributed by atoms with Gasteiger partial charge in [0.2, 0.25) is 5.89 Å². The molecule has 0 amide bonds. The van der Waals surface area contributed by atoms with E-state index in [1.54, 1.807) is 0 Å². The minimum atomic E-state index is 0.627. The van der Waals surface area contributed by atoms with E-state index in [-0.39, 0.29) is 0 Å². The van der Waals surface area contributed by atoms with E-state index in [2.05, 4.69) is 126 Å². The van der Waals surface area contributed by atoms with Crippen LogP contribution in [0.2, 0.25) is 0 Å². The summed E-state index contributed by atoms with van der Waals surface area (Å²) in [6, 6.07) is 59.2. The fraction of sp³-hybridized carbons (Fsp3) is 0. The number of furan rings is 1. The molecule has 0 unspecified atom stereocenters. The smallest absolute Gasteiger partial charge is 0.227 e. The maximum Gasteiger partial charge on any atom is 0.227 e. The number of benzene rings is 8. The minimum Gasteiger partial charge on any atom is -0.456 e. The first-order valence-electron chi connectivity index (χ1n) is 16.5. The normalized spacial score (nSPS) is 11.7. The maximum absolute atomic E-state index is 6.51. The molecule has 0 saturated carbocycles. The molecule has 4 nitrogen and oxygen atoms in total. The third-order valence-electron chi connectivity index (χ3n) is 9.47. The van der Waals surface area contributed by atoms with Crippen molar-refractivity contribution in [3.8, 4) is 22.6 Å². The molecular weight excluding hydrogens is 601 g/mol. The van der Waals surface area contributed by atoms with Crippen molar-refractivity contribution in [2.24, 2.45) is 0 Å². The van der Waals surface area contributed by atoms with Gasteiger partial charge in [-0.1, -0.05) is 97.1 Å². The number of nitrogens with zero attached hydrogens (tertiary/aromatic N) is 2. The average molecular weight is 629 g/mol. The molecule has 0 aliphatic heterocycles. The lowest BCUT2D eigenvalue weighted by atomic mass is 9.99. The summed E-state index contributed by atoms with van der Waals surface area (Å²) in [5.41, 5.74) is 9.87. The van der Waals surface area contributed by atoms with Gasteiger partial charge in [-0.25, -0.2) is 4.98 Å². The summed E-state index contributed by atoms with van der Waals surface area (Å²) in [5.74, 6) is 0.627. The molecule has 0 fully saturated rings. The molecule has 10 rings (SSSR count). The molecule has 8 aromatic carbocycles. The van der Waals surface area contributed by atoms with Crippen molar-refractivity contribution in [2.45, 2.75) is 0 Å². The number of rotatable bonds is 5. The third-order valence-corrected chi connectivity index (χ3v) is 9.47. The summed E-state index contributed by atoms with van der Waals surface area (Å²) in [7, 11) is 0. The Morgan fingerprint density at radius 2 is 1.06 bits per heavy atom. The van der Waals surface area contributed by atoms with Crippen LogP contribution in [0.5, 0.6) is 0 Å². The van der Waals surface area contributed by atoms with Crippen LogP contribution in [0.15, 0.2) is 179 Å². The Hall–Kier alpha value is -6.65. The standard InChI is InChI=1S/C45H28N2O2/c1-3-9-32(10-4-1)45-46-40-26-21-31-16-15-30-19-24-36(28-39(30)43(31)44(40)49-45)47(34-11-5-2-6-12-34)35-22-17-29(18-23-35)33-20-25-38-37-13-7-8-14-41(37)48-42(38)27-33/h1-28H. The van der Waals surface area contributed by atoms with Crippen LogP contribution in [0.1, 0.15) is 0 Å². The van der Waals surface area contributed by atoms with Gasteiger partial charge in [-0.15, -0.1) is 0 Å². The van der Waals surface area contributed by atoms with Crippen molar-refractivity contribution in [1.29, 1.82) is 0 Å². The van der Waals surface area contributed by atoms with Gasteiger partial charge in [0.15, 0.2) is 5.58 Å². The van der Waals surface area contributed by atoms with Crippen LogP contribution in [0.3, 0.4) is 0 Å². The molecule has 49 heavy (non-hydrogen) atoms. The zero-order chi connectivity index (χ0) is 32.3. The Bertz CT molecular complexity index is 2820. The van der Waals surface area contributed by atoms with Crippen LogP contribution in [0.4, 0.5) is 17.1 Å². The highest BCUT2D eigenvalue weighted by atomic mass is 16.3. The fourth-order valence-electron chi connectivity index (χ4n) is 7.09. The molecule has 0 N–H and O–H groups in total. The molecule has 2 heterocycles. The average Bonchev–Trinajstić information content (AvgIpc) is 3.78. The predicted molar refractivity (Wildman–Crippen MR) is 202 cm³/mol. The van der Waals surface area contributed by atoms with E-state index < -0.39 is 0 Å². The van der Waals surface area contributed by atoms with Gasteiger partial charge in [0.05, 0.1) is 0 Å². The van der Waals surface area contributed by atoms with Crippen molar-refractivity contribution in [3.05, 3.63) is 170 Å². The Labute approximate surface area is 282 Å². The molecule has 230 valence electrons. The van der Waals surface area contributed by atoms with E-state index in [9.17, 15) is 0 Å². The maximum atomic E-state index is 6.51. The van der Waals surface area contributed by atoms with Gasteiger partial charge in [0.1, 0.15) is 16.7 Å². The summed E-state index contributed by atoms with van der Waals surface area (Å²) < 4.78 is 12.7. The summed E-state index contributed by atoms with van der Waals surface area (Å²) >= 11 is 0. The summed E-state index contributed by atoms with van der Waals surface area (Å²) in [5, 5.41) is 6.72. The molecular formula is C45H28N2O2. The van der Waals surface area contributed by atoms with Crippen molar-refractivity contribution in [1.82, 2.24) is 4.98 Å². The number of hydrogen-bond donors (Lipinski definition) is 0. The van der Waals surface area contributed by atoms with Crippen LogP contribution in [0.25, 0.3) is 77.2 Å². The van der Waals surface area contributed by atoms with E-state index >= 15 is 0 Å². The van der Waals surface area contributed by atoms with Crippen LogP contribution in [0, 0.1) is 0 Å². The molecule has 0 spiro atoms. The molecule has 0 aliphatic rings. The lowest BCUT2D eigenvalue weighted by Gasteiger charge is -2.26. The SMILES string of the molecule is c1ccc(-c2nc3ccc4ccc5ccc(N(c6ccccc6)c6ccc(-c7ccc8c(c7)oc7ccccc78)cc6)cc5c4c3o2)cc1. The van der Waals surface area contributed by atoms with Gasteiger partial charge in [-0.3, -0.25) is 0 Å². The topological polar surface area (TPSA) is 42.4 Å². The first kappa shape index (κ1) is 27.5. The van der Waals surface area contributed by atoms with Crippen molar-refractivity contribution >= 4 is 71.6 Å². The largest absolute Gasteiger partial charge is 0.456 e. The number of aromatic nitrogens is 1. The Morgan fingerprint density at radius 1 is 0.408 bits per heavy atom. The molecule has 0 atom stereocenters. The van der Waals surface area contributed by atoms with Crippen LogP contribution in [-0.2, 0) is 0 Å². The first-order chi connectivity index (χ1) is 24.3. The second kappa shape index (κ2) is 11.0. The van der Waals surface area contributed by atoms with Gasteiger partial charge in [0.25, 0.3) is 0 Å². The predicted octanol–water partition coefficient (Wildman–Crippen LogP) is 12.8. The van der Waals surface area contributed by atoms with E-state index in [0.29, 0.717) is 5.89 Å². The minimum absolute atomic E-state index is 0.627. The molecule has 0 saturated heterocycles. The lowest BCUT2D eigenvalue weighted by molar-refractivity contribution is 0.623. The second-order valence-electron chi connectivity index (χ2n) is 12.4.